The second-order valence-electron chi connectivity index (χ2n) is 5.55. The lowest BCUT2D eigenvalue weighted by molar-refractivity contribution is 0.0513. The highest BCUT2D eigenvalue weighted by Gasteiger charge is 2.23. The predicted molar refractivity (Wildman–Crippen MR) is 85.5 cm³/mol. The molecular weight excluding hydrogens is 280 g/mol. The fraction of sp³-hybridized carbons (Fsp3) is 0.533. The first-order valence-corrected chi connectivity index (χ1v) is 7.54. The summed E-state index contributed by atoms with van der Waals surface area (Å²) in [5, 5.41) is 3.25. The molecule has 1 N–H and O–H groups in total. The van der Waals surface area contributed by atoms with Gasteiger partial charge in [-0.3, -0.25) is 0 Å². The average molecular weight is 302 g/mol. The van der Waals surface area contributed by atoms with Crippen molar-refractivity contribution in [1.29, 1.82) is 0 Å². The quantitative estimate of drug-likeness (QED) is 0.888. The molecule has 1 atom stereocenters. The maximum Gasteiger partial charge on any atom is 0.145 e. The molecule has 1 aromatic heterocycles. The summed E-state index contributed by atoms with van der Waals surface area (Å²) in [7, 11) is 4.12. The summed E-state index contributed by atoms with van der Waals surface area (Å²) in [5.41, 5.74) is 0.941. The van der Waals surface area contributed by atoms with Gasteiger partial charge in [0.15, 0.2) is 0 Å². The molecule has 0 aliphatic carbocycles. The Hall–Kier alpha value is -2.15. The first-order chi connectivity index (χ1) is 10.8. The minimum atomic E-state index is -0.0652. The minimum absolute atomic E-state index is 0.0652. The third-order valence-corrected chi connectivity index (χ3v) is 4.22. The second kappa shape index (κ2) is 6.74. The first kappa shape index (κ1) is 14.8. The maximum absolute atomic E-state index is 5.44. The van der Waals surface area contributed by atoms with Crippen LogP contribution in [0.15, 0.2) is 35.6 Å². The van der Waals surface area contributed by atoms with Crippen LogP contribution < -0.4 is 10.2 Å². The fourth-order valence-corrected chi connectivity index (χ4v) is 2.74. The summed E-state index contributed by atoms with van der Waals surface area (Å²) in [5.74, 6) is 1.08. The van der Waals surface area contributed by atoms with Crippen molar-refractivity contribution in [3.8, 4) is 0 Å². The van der Waals surface area contributed by atoms with Crippen LogP contribution in [-0.2, 0) is 4.74 Å². The van der Waals surface area contributed by atoms with Crippen LogP contribution in [0.5, 0.6) is 0 Å². The first-order valence-electron chi connectivity index (χ1n) is 7.54. The molecule has 3 heterocycles. The molecule has 0 saturated carbocycles. The van der Waals surface area contributed by atoms with Gasteiger partial charge in [-0.2, -0.15) is 0 Å². The molecule has 1 aromatic rings. The number of hydrogen-bond donors (Lipinski definition) is 1. The zero-order valence-corrected chi connectivity index (χ0v) is 13.0. The standard InChI is InChI=1S/C15H22N6O/c1-20(12-3-5-22-6-4-12)14-7-15(19-11-18-14)21(2)13-8-16-10-17-9-13/h7-12,15H,3-6H2,1-2H3,(H,18,19). The van der Waals surface area contributed by atoms with Gasteiger partial charge < -0.3 is 19.9 Å². The number of anilines is 1. The van der Waals surface area contributed by atoms with Gasteiger partial charge in [-0.25, -0.2) is 15.0 Å². The van der Waals surface area contributed by atoms with Crippen molar-refractivity contribution in [2.75, 3.05) is 32.2 Å². The fourth-order valence-electron chi connectivity index (χ4n) is 2.74. The molecule has 2 aliphatic rings. The number of rotatable bonds is 4. The molecule has 0 spiro atoms. The molecule has 22 heavy (non-hydrogen) atoms. The maximum atomic E-state index is 5.44. The zero-order chi connectivity index (χ0) is 15.4. The lowest BCUT2D eigenvalue weighted by Gasteiger charge is -2.36. The van der Waals surface area contributed by atoms with Crippen LogP contribution in [0.2, 0.25) is 0 Å². The Bertz CT molecular complexity index is 540. The monoisotopic (exact) mass is 302 g/mol. The third-order valence-electron chi connectivity index (χ3n) is 4.22. The van der Waals surface area contributed by atoms with Gasteiger partial charge in [0.25, 0.3) is 0 Å². The number of aromatic nitrogens is 2. The summed E-state index contributed by atoms with van der Waals surface area (Å²) in [6.45, 7) is 1.67. The molecule has 118 valence electrons. The van der Waals surface area contributed by atoms with E-state index in [1.807, 2.05) is 7.05 Å². The van der Waals surface area contributed by atoms with Gasteiger partial charge in [-0.15, -0.1) is 0 Å². The predicted octanol–water partition coefficient (Wildman–Crippen LogP) is 0.823. The van der Waals surface area contributed by atoms with Crippen molar-refractivity contribution < 1.29 is 4.74 Å². The van der Waals surface area contributed by atoms with E-state index in [-0.39, 0.29) is 6.17 Å². The van der Waals surface area contributed by atoms with Gasteiger partial charge in [-0.1, -0.05) is 0 Å². The van der Waals surface area contributed by atoms with Crippen LogP contribution in [0.1, 0.15) is 12.8 Å². The average Bonchev–Trinajstić information content (AvgIpc) is 2.62. The van der Waals surface area contributed by atoms with Crippen LogP contribution in [-0.4, -0.2) is 60.7 Å². The van der Waals surface area contributed by atoms with Crippen molar-refractivity contribution in [2.45, 2.75) is 25.0 Å². The van der Waals surface area contributed by atoms with Crippen LogP contribution in [0, 0.1) is 0 Å². The molecule has 1 unspecified atom stereocenters. The van der Waals surface area contributed by atoms with Crippen molar-refractivity contribution in [1.82, 2.24) is 20.2 Å². The molecule has 1 saturated heterocycles. The Morgan fingerprint density at radius 2 is 1.86 bits per heavy atom. The molecule has 1 fully saturated rings. The van der Waals surface area contributed by atoms with Crippen LogP contribution in [0.3, 0.4) is 0 Å². The molecule has 7 heteroatoms. The van der Waals surface area contributed by atoms with Gasteiger partial charge in [0, 0.05) is 39.4 Å². The summed E-state index contributed by atoms with van der Waals surface area (Å²) < 4.78 is 5.44. The number of nitrogens with zero attached hydrogens (tertiary/aromatic N) is 5. The summed E-state index contributed by atoms with van der Waals surface area (Å²) in [6, 6.07) is 0.505. The van der Waals surface area contributed by atoms with E-state index < -0.39 is 0 Å². The lowest BCUT2D eigenvalue weighted by atomic mass is 10.1. The van der Waals surface area contributed by atoms with Gasteiger partial charge in [-0.05, 0) is 12.8 Å². The van der Waals surface area contributed by atoms with Gasteiger partial charge in [0.05, 0.1) is 24.4 Å². The summed E-state index contributed by atoms with van der Waals surface area (Å²) in [6.07, 6.45) is 11.0. The SMILES string of the molecule is CN(C1=CC(N(C)c2cncnc2)N=CN1)C1CCOCC1. The molecule has 0 amide bonds. The largest absolute Gasteiger partial charge is 0.381 e. The molecule has 7 nitrogen and oxygen atoms in total. The molecular formula is C15H22N6O. The second-order valence-corrected chi connectivity index (χ2v) is 5.55. The smallest absolute Gasteiger partial charge is 0.145 e. The van der Waals surface area contributed by atoms with E-state index in [9.17, 15) is 0 Å². The highest BCUT2D eigenvalue weighted by atomic mass is 16.5. The van der Waals surface area contributed by atoms with E-state index in [2.05, 4.69) is 43.2 Å². The van der Waals surface area contributed by atoms with Crippen molar-refractivity contribution in [3.63, 3.8) is 0 Å². The normalized spacial score (nSPS) is 21.9. The van der Waals surface area contributed by atoms with Gasteiger partial charge in [0.2, 0.25) is 0 Å². The summed E-state index contributed by atoms with van der Waals surface area (Å²) in [4.78, 5) is 17.0. The van der Waals surface area contributed by atoms with Crippen molar-refractivity contribution >= 4 is 12.0 Å². The number of nitrogens with one attached hydrogen (secondary N) is 1. The topological polar surface area (TPSA) is 65.9 Å². The van der Waals surface area contributed by atoms with Crippen LogP contribution in [0.25, 0.3) is 0 Å². The van der Waals surface area contributed by atoms with E-state index in [1.165, 1.54) is 6.33 Å². The molecule has 0 bridgehead atoms. The van der Waals surface area contributed by atoms with Gasteiger partial charge in [0.1, 0.15) is 18.3 Å². The Labute approximate surface area is 130 Å². The lowest BCUT2D eigenvalue weighted by Crippen LogP contribution is -2.43. The highest BCUT2D eigenvalue weighted by molar-refractivity contribution is 5.61. The van der Waals surface area contributed by atoms with Crippen molar-refractivity contribution in [2.24, 2.45) is 4.99 Å². The van der Waals surface area contributed by atoms with Crippen LogP contribution in [0.4, 0.5) is 5.69 Å². The van der Waals surface area contributed by atoms with Gasteiger partial charge >= 0.3 is 0 Å². The van der Waals surface area contributed by atoms with E-state index in [0.717, 1.165) is 37.6 Å². The van der Waals surface area contributed by atoms with E-state index in [1.54, 1.807) is 18.7 Å². The molecule has 0 radical (unpaired) electrons. The Morgan fingerprint density at radius 3 is 2.59 bits per heavy atom. The Morgan fingerprint density at radius 1 is 1.14 bits per heavy atom. The molecule has 3 rings (SSSR count). The Kier molecular flexibility index (Phi) is 4.53. The summed E-state index contributed by atoms with van der Waals surface area (Å²) >= 11 is 0. The zero-order valence-electron chi connectivity index (χ0n) is 13.0. The molecule has 2 aliphatic heterocycles. The number of ether oxygens (including phenoxy) is 1. The van der Waals surface area contributed by atoms with Crippen LogP contribution >= 0.6 is 0 Å². The number of aliphatic imine (C=N–C) groups is 1. The van der Waals surface area contributed by atoms with E-state index in [0.29, 0.717) is 6.04 Å². The Balaban J connectivity index is 1.72. The van der Waals surface area contributed by atoms with Crippen molar-refractivity contribution in [3.05, 3.63) is 30.6 Å². The highest BCUT2D eigenvalue weighted by Crippen LogP contribution is 2.20. The third kappa shape index (κ3) is 3.19. The van der Waals surface area contributed by atoms with E-state index in [4.69, 9.17) is 4.74 Å². The number of likely N-dealkylation sites (N-methyl/N-ethyl adjacent to an activating group) is 1. The van der Waals surface area contributed by atoms with E-state index >= 15 is 0 Å². The minimum Gasteiger partial charge on any atom is -0.381 e. The molecule has 0 aromatic carbocycles. The number of hydrogen-bond acceptors (Lipinski definition) is 7.